The molecule has 1 aromatic rings. The predicted molar refractivity (Wildman–Crippen MR) is 67.0 cm³/mol. The van der Waals surface area contributed by atoms with E-state index in [0.29, 0.717) is 12.6 Å². The van der Waals surface area contributed by atoms with Crippen molar-refractivity contribution in [3.8, 4) is 5.75 Å². The third-order valence-electron chi connectivity index (χ3n) is 3.19. The van der Waals surface area contributed by atoms with Crippen LogP contribution in [-0.2, 0) is 0 Å². The normalized spacial score (nSPS) is 19.6. The largest absolute Gasteiger partial charge is 0.494 e. The minimum Gasteiger partial charge on any atom is -0.494 e. The van der Waals surface area contributed by atoms with Crippen LogP contribution in [0.4, 0.5) is 14.5 Å². The zero-order chi connectivity index (χ0) is 13.0. The maximum Gasteiger partial charge on any atom is 0.167 e. The van der Waals surface area contributed by atoms with Gasteiger partial charge in [-0.05, 0) is 19.4 Å². The topological polar surface area (TPSA) is 33.3 Å². The molecule has 1 aliphatic heterocycles. The smallest absolute Gasteiger partial charge is 0.167 e. The molecule has 0 saturated carbocycles. The van der Waals surface area contributed by atoms with Crippen molar-refractivity contribution >= 4 is 5.69 Å². The molecule has 0 bridgehead atoms. The van der Waals surface area contributed by atoms with E-state index < -0.39 is 11.6 Å². The van der Waals surface area contributed by atoms with Crippen LogP contribution in [0.5, 0.6) is 5.75 Å². The first-order chi connectivity index (χ1) is 8.70. The number of anilines is 1. The Labute approximate surface area is 106 Å². The molecule has 18 heavy (non-hydrogen) atoms. The maximum atomic E-state index is 13.6. The molecule has 100 valence electrons. The van der Waals surface area contributed by atoms with Crippen LogP contribution in [0.3, 0.4) is 0 Å². The molecule has 1 unspecified atom stereocenters. The summed E-state index contributed by atoms with van der Waals surface area (Å²) in [6.45, 7) is 1.59. The van der Waals surface area contributed by atoms with E-state index in [9.17, 15) is 8.78 Å². The van der Waals surface area contributed by atoms with Gasteiger partial charge in [0.1, 0.15) is 5.82 Å². The number of nitrogens with one attached hydrogen (secondary N) is 2. The summed E-state index contributed by atoms with van der Waals surface area (Å²) in [6, 6.07) is 2.52. The molecule has 0 aliphatic carbocycles. The fraction of sp³-hybridized carbons (Fsp3) is 0.538. The van der Waals surface area contributed by atoms with Gasteiger partial charge in [-0.25, -0.2) is 8.78 Å². The van der Waals surface area contributed by atoms with E-state index in [1.807, 2.05) is 0 Å². The highest BCUT2D eigenvalue weighted by atomic mass is 19.1. The molecular weight excluding hydrogens is 238 g/mol. The highest BCUT2D eigenvalue weighted by Gasteiger charge is 2.14. The summed E-state index contributed by atoms with van der Waals surface area (Å²) in [5, 5.41) is 6.28. The van der Waals surface area contributed by atoms with Gasteiger partial charge in [-0.2, -0.15) is 0 Å². The first-order valence-electron chi connectivity index (χ1n) is 6.21. The summed E-state index contributed by atoms with van der Waals surface area (Å²) in [5.41, 5.74) is 0.181. The van der Waals surface area contributed by atoms with Gasteiger partial charge in [0, 0.05) is 24.7 Å². The van der Waals surface area contributed by atoms with Crippen molar-refractivity contribution in [1.82, 2.24) is 5.32 Å². The molecule has 5 heteroatoms. The zero-order valence-electron chi connectivity index (χ0n) is 10.4. The van der Waals surface area contributed by atoms with Crippen molar-refractivity contribution in [3.63, 3.8) is 0 Å². The van der Waals surface area contributed by atoms with Crippen LogP contribution < -0.4 is 15.4 Å². The highest BCUT2D eigenvalue weighted by molar-refractivity contribution is 5.49. The number of halogens is 2. The molecule has 1 aliphatic rings. The van der Waals surface area contributed by atoms with Crippen LogP contribution in [0, 0.1) is 11.6 Å². The monoisotopic (exact) mass is 256 g/mol. The molecule has 1 saturated heterocycles. The van der Waals surface area contributed by atoms with Gasteiger partial charge in [0.2, 0.25) is 0 Å². The molecule has 2 rings (SSSR count). The van der Waals surface area contributed by atoms with E-state index in [-0.39, 0.29) is 11.4 Å². The molecule has 1 atom stereocenters. The Hall–Kier alpha value is -1.36. The van der Waals surface area contributed by atoms with Crippen molar-refractivity contribution in [3.05, 3.63) is 23.8 Å². The molecule has 1 heterocycles. The van der Waals surface area contributed by atoms with Crippen molar-refractivity contribution in [2.45, 2.75) is 25.3 Å². The van der Waals surface area contributed by atoms with Crippen LogP contribution >= 0.6 is 0 Å². The Morgan fingerprint density at radius 2 is 2.17 bits per heavy atom. The van der Waals surface area contributed by atoms with Crippen LogP contribution in [0.1, 0.15) is 19.3 Å². The lowest BCUT2D eigenvalue weighted by Crippen LogP contribution is -2.39. The minimum absolute atomic E-state index is 0.0751. The Kier molecular flexibility index (Phi) is 4.36. The summed E-state index contributed by atoms with van der Waals surface area (Å²) >= 11 is 0. The Bertz CT molecular complexity index is 406. The summed E-state index contributed by atoms with van der Waals surface area (Å²) in [5.74, 6) is -1.13. The fourth-order valence-electron chi connectivity index (χ4n) is 2.15. The minimum atomic E-state index is -0.557. The van der Waals surface area contributed by atoms with E-state index in [0.717, 1.165) is 25.1 Å². The number of hydrogen-bond donors (Lipinski definition) is 2. The Morgan fingerprint density at radius 1 is 1.33 bits per heavy atom. The fourth-order valence-corrected chi connectivity index (χ4v) is 2.15. The number of rotatable bonds is 4. The second-order valence-corrected chi connectivity index (χ2v) is 4.49. The molecule has 3 nitrogen and oxygen atoms in total. The maximum absolute atomic E-state index is 13.6. The molecule has 0 spiro atoms. The van der Waals surface area contributed by atoms with E-state index in [1.54, 1.807) is 0 Å². The van der Waals surface area contributed by atoms with Gasteiger partial charge < -0.3 is 15.4 Å². The van der Waals surface area contributed by atoms with E-state index in [1.165, 1.54) is 20.0 Å². The molecule has 1 aromatic carbocycles. The molecule has 0 radical (unpaired) electrons. The summed E-state index contributed by atoms with van der Waals surface area (Å²) in [4.78, 5) is 0. The lowest BCUT2D eigenvalue weighted by molar-refractivity contribution is 0.383. The van der Waals surface area contributed by atoms with Gasteiger partial charge in [-0.15, -0.1) is 0 Å². The lowest BCUT2D eigenvalue weighted by Gasteiger charge is -2.24. The van der Waals surface area contributed by atoms with Gasteiger partial charge in [0.05, 0.1) is 12.8 Å². The van der Waals surface area contributed by atoms with Crippen LogP contribution in [0.15, 0.2) is 12.1 Å². The molecule has 1 fully saturated rings. The molecule has 2 N–H and O–H groups in total. The van der Waals surface area contributed by atoms with Gasteiger partial charge in [-0.1, -0.05) is 6.42 Å². The number of methoxy groups -OCH3 is 1. The van der Waals surface area contributed by atoms with Crippen molar-refractivity contribution in [2.75, 3.05) is 25.5 Å². The SMILES string of the molecule is COc1cc(F)c(NCC2CCCCN2)cc1F. The van der Waals surface area contributed by atoms with Gasteiger partial charge in [0.15, 0.2) is 11.6 Å². The molecular formula is C13H18F2N2O. The van der Waals surface area contributed by atoms with Gasteiger partial charge >= 0.3 is 0 Å². The number of hydrogen-bond acceptors (Lipinski definition) is 3. The third kappa shape index (κ3) is 3.10. The standard InChI is InChI=1S/C13H18F2N2O/c1-18-13-7-10(14)12(6-11(13)15)17-8-9-4-2-3-5-16-9/h6-7,9,16-17H,2-5,8H2,1H3. The second-order valence-electron chi connectivity index (χ2n) is 4.49. The number of benzene rings is 1. The highest BCUT2D eigenvalue weighted by Crippen LogP contribution is 2.24. The average molecular weight is 256 g/mol. The Balaban J connectivity index is 1.98. The lowest BCUT2D eigenvalue weighted by atomic mass is 10.1. The summed E-state index contributed by atoms with van der Waals surface area (Å²) in [7, 11) is 1.32. The van der Waals surface area contributed by atoms with E-state index >= 15 is 0 Å². The van der Waals surface area contributed by atoms with Gasteiger partial charge in [-0.3, -0.25) is 0 Å². The number of ether oxygens (including phenoxy) is 1. The molecule has 0 aromatic heterocycles. The third-order valence-corrected chi connectivity index (χ3v) is 3.19. The van der Waals surface area contributed by atoms with Crippen molar-refractivity contribution in [2.24, 2.45) is 0 Å². The Morgan fingerprint density at radius 3 is 2.83 bits per heavy atom. The second kappa shape index (κ2) is 6.00. The van der Waals surface area contributed by atoms with Gasteiger partial charge in [0.25, 0.3) is 0 Å². The quantitative estimate of drug-likeness (QED) is 0.868. The molecule has 0 amide bonds. The van der Waals surface area contributed by atoms with Crippen LogP contribution in [0.25, 0.3) is 0 Å². The summed E-state index contributed by atoms with van der Waals surface area (Å²) < 4.78 is 31.8. The first-order valence-corrected chi connectivity index (χ1v) is 6.21. The van der Waals surface area contributed by atoms with Crippen LogP contribution in [-0.4, -0.2) is 26.2 Å². The van der Waals surface area contributed by atoms with Crippen molar-refractivity contribution in [1.29, 1.82) is 0 Å². The summed E-state index contributed by atoms with van der Waals surface area (Å²) in [6.07, 6.45) is 3.42. The van der Waals surface area contributed by atoms with E-state index in [2.05, 4.69) is 10.6 Å². The van der Waals surface area contributed by atoms with E-state index in [4.69, 9.17) is 4.74 Å². The number of piperidine rings is 1. The predicted octanol–water partition coefficient (Wildman–Crippen LogP) is 2.53. The first kappa shape index (κ1) is 13.1. The van der Waals surface area contributed by atoms with Crippen LogP contribution in [0.2, 0.25) is 0 Å². The zero-order valence-corrected chi connectivity index (χ0v) is 10.4. The average Bonchev–Trinajstić information content (AvgIpc) is 2.40. The van der Waals surface area contributed by atoms with Crippen molar-refractivity contribution < 1.29 is 13.5 Å².